The number of benzene rings is 2. The Morgan fingerprint density at radius 3 is 2.42 bits per heavy atom. The number of nitrogens with two attached hydrogens (primary N) is 1. The number of hydrogen-bond acceptors (Lipinski definition) is 6. The highest BCUT2D eigenvalue weighted by molar-refractivity contribution is 6.02. The van der Waals surface area contributed by atoms with E-state index in [2.05, 4.69) is 6.07 Å². The number of carbonyl (C=O) groups excluding carboxylic acids is 1. The van der Waals surface area contributed by atoms with Crippen LogP contribution in [0.2, 0.25) is 0 Å². The van der Waals surface area contributed by atoms with Crippen LogP contribution in [0.25, 0.3) is 0 Å². The number of nitrogens with zero attached hydrogens (tertiary/aromatic N) is 2. The lowest BCUT2D eigenvalue weighted by Gasteiger charge is -2.44. The van der Waals surface area contributed by atoms with E-state index in [9.17, 15) is 14.4 Å². The second-order valence-corrected chi connectivity index (χ2v) is 9.04. The molecule has 0 bridgehead atoms. The average Bonchev–Trinajstić information content (AvgIpc) is 2.78. The van der Waals surface area contributed by atoms with E-state index in [0.717, 1.165) is 0 Å². The number of allylic oxidation sites excluding steroid dienone is 3. The van der Waals surface area contributed by atoms with Crippen LogP contribution in [0.1, 0.15) is 38.2 Å². The van der Waals surface area contributed by atoms with Crippen molar-refractivity contribution >= 4 is 11.5 Å². The predicted octanol–water partition coefficient (Wildman–Crippen LogP) is 4.78. The SMILES string of the molecule is COc1cccc(C2C(C#N)=C(N)N(c3ccc(F)cc3)C3=C2C(=O)CC(C)(C)C3)c1OC. The highest BCUT2D eigenvalue weighted by atomic mass is 19.1. The van der Waals surface area contributed by atoms with Crippen molar-refractivity contribution in [3.63, 3.8) is 0 Å². The minimum absolute atomic E-state index is 0.0523. The zero-order valence-electron chi connectivity index (χ0n) is 19.1. The molecule has 1 atom stereocenters. The number of hydrogen-bond donors (Lipinski definition) is 1. The van der Waals surface area contributed by atoms with Crippen LogP contribution in [0.5, 0.6) is 11.5 Å². The summed E-state index contributed by atoms with van der Waals surface area (Å²) in [5, 5.41) is 10.2. The number of Topliss-reactive ketones (excluding diaryl/α,β-unsaturated/α-hetero) is 1. The summed E-state index contributed by atoms with van der Waals surface area (Å²) in [7, 11) is 3.06. The molecular weight excluding hydrogens is 421 g/mol. The first kappa shape index (κ1) is 22.4. The Kier molecular flexibility index (Phi) is 5.62. The summed E-state index contributed by atoms with van der Waals surface area (Å²) in [6.45, 7) is 4.05. The van der Waals surface area contributed by atoms with Gasteiger partial charge in [-0.05, 0) is 42.2 Å². The molecule has 1 unspecified atom stereocenters. The first-order valence-corrected chi connectivity index (χ1v) is 10.6. The van der Waals surface area contributed by atoms with E-state index in [1.165, 1.54) is 26.4 Å². The second-order valence-electron chi connectivity index (χ2n) is 9.04. The molecule has 2 aromatic carbocycles. The molecule has 2 N–H and O–H groups in total. The molecule has 4 rings (SSSR count). The molecule has 0 saturated carbocycles. The lowest BCUT2D eigenvalue weighted by Crippen LogP contribution is -2.42. The van der Waals surface area contributed by atoms with E-state index in [1.807, 2.05) is 19.9 Å². The summed E-state index contributed by atoms with van der Waals surface area (Å²) >= 11 is 0. The van der Waals surface area contributed by atoms with Crippen molar-refractivity contribution in [3.05, 3.63) is 76.5 Å². The van der Waals surface area contributed by atoms with Gasteiger partial charge < -0.3 is 15.2 Å². The molecule has 2 aliphatic rings. The fourth-order valence-corrected chi connectivity index (χ4v) is 4.84. The van der Waals surface area contributed by atoms with Crippen molar-refractivity contribution in [1.82, 2.24) is 0 Å². The zero-order chi connectivity index (χ0) is 23.9. The van der Waals surface area contributed by atoms with Gasteiger partial charge in [-0.3, -0.25) is 9.69 Å². The van der Waals surface area contributed by atoms with Gasteiger partial charge in [0.1, 0.15) is 11.6 Å². The number of rotatable bonds is 4. The van der Waals surface area contributed by atoms with Crippen LogP contribution in [0.15, 0.2) is 65.1 Å². The highest BCUT2D eigenvalue weighted by Gasteiger charge is 2.45. The van der Waals surface area contributed by atoms with Gasteiger partial charge in [-0.1, -0.05) is 26.0 Å². The molecule has 170 valence electrons. The van der Waals surface area contributed by atoms with Gasteiger partial charge in [-0.25, -0.2) is 4.39 Å². The first-order valence-electron chi connectivity index (χ1n) is 10.6. The van der Waals surface area contributed by atoms with Crippen LogP contribution >= 0.6 is 0 Å². The standard InChI is InChI=1S/C26H26FN3O3/c1-26(2)12-19-23(20(31)13-26)22(17-6-5-7-21(32-3)24(17)33-4)18(14-28)25(29)30(19)16-10-8-15(27)9-11-16/h5-11,22H,12-13,29H2,1-4H3. The molecule has 0 amide bonds. The van der Waals surface area contributed by atoms with E-state index in [4.69, 9.17) is 15.2 Å². The Morgan fingerprint density at radius 2 is 1.82 bits per heavy atom. The number of ether oxygens (including phenoxy) is 2. The zero-order valence-corrected chi connectivity index (χ0v) is 19.1. The van der Waals surface area contributed by atoms with Crippen molar-refractivity contribution < 1.29 is 18.7 Å². The summed E-state index contributed by atoms with van der Waals surface area (Å²) in [5.41, 5.74) is 8.99. The summed E-state index contributed by atoms with van der Waals surface area (Å²) in [6, 6.07) is 13.5. The number of ketones is 1. The van der Waals surface area contributed by atoms with E-state index >= 15 is 0 Å². The van der Waals surface area contributed by atoms with Crippen LogP contribution in [-0.2, 0) is 4.79 Å². The normalized spacial score (nSPS) is 19.8. The number of anilines is 1. The molecule has 2 aromatic rings. The van der Waals surface area contributed by atoms with Crippen molar-refractivity contribution in [2.24, 2.45) is 11.1 Å². The van der Waals surface area contributed by atoms with Gasteiger partial charge in [0.25, 0.3) is 0 Å². The Morgan fingerprint density at radius 1 is 1.12 bits per heavy atom. The Hall–Kier alpha value is -3.79. The maximum atomic E-state index is 13.6. The van der Waals surface area contributed by atoms with Gasteiger partial charge in [0.2, 0.25) is 0 Å². The fourth-order valence-electron chi connectivity index (χ4n) is 4.84. The minimum atomic E-state index is -0.699. The number of nitriles is 1. The summed E-state index contributed by atoms with van der Waals surface area (Å²) in [6.07, 6.45) is 0.901. The summed E-state index contributed by atoms with van der Waals surface area (Å²) in [5.74, 6) is 0.0250. The monoisotopic (exact) mass is 447 g/mol. The molecule has 0 spiro atoms. The first-order chi connectivity index (χ1) is 15.7. The van der Waals surface area contributed by atoms with E-state index in [1.54, 1.807) is 29.2 Å². The van der Waals surface area contributed by atoms with Gasteiger partial charge in [0, 0.05) is 28.9 Å². The van der Waals surface area contributed by atoms with Crippen molar-refractivity contribution in [1.29, 1.82) is 5.26 Å². The molecular formula is C26H26FN3O3. The Bertz CT molecular complexity index is 1220. The Balaban J connectivity index is 2.03. The van der Waals surface area contributed by atoms with Crippen LogP contribution in [0.3, 0.4) is 0 Å². The smallest absolute Gasteiger partial charge is 0.164 e. The van der Waals surface area contributed by atoms with Crippen LogP contribution in [-0.4, -0.2) is 20.0 Å². The topological polar surface area (TPSA) is 88.6 Å². The van der Waals surface area contributed by atoms with E-state index < -0.39 is 5.92 Å². The third-order valence-electron chi connectivity index (χ3n) is 6.21. The highest BCUT2D eigenvalue weighted by Crippen LogP contribution is 2.52. The molecule has 7 heteroatoms. The maximum Gasteiger partial charge on any atom is 0.164 e. The van der Waals surface area contributed by atoms with E-state index in [0.29, 0.717) is 46.9 Å². The van der Waals surface area contributed by atoms with Crippen molar-refractivity contribution in [2.75, 3.05) is 19.1 Å². The fraction of sp³-hybridized carbons (Fsp3) is 0.308. The summed E-state index contributed by atoms with van der Waals surface area (Å²) < 4.78 is 24.7. The van der Waals surface area contributed by atoms with E-state index in [-0.39, 0.29) is 28.4 Å². The molecule has 1 heterocycles. The summed E-state index contributed by atoms with van der Waals surface area (Å²) in [4.78, 5) is 15.3. The number of carbonyl (C=O) groups is 1. The second kappa shape index (κ2) is 8.28. The predicted molar refractivity (Wildman–Crippen MR) is 123 cm³/mol. The maximum absolute atomic E-state index is 13.6. The average molecular weight is 448 g/mol. The largest absolute Gasteiger partial charge is 0.493 e. The van der Waals surface area contributed by atoms with Crippen LogP contribution in [0.4, 0.5) is 10.1 Å². The lowest BCUT2D eigenvalue weighted by atomic mass is 9.68. The Labute approximate surface area is 192 Å². The van der Waals surface area contributed by atoms with Crippen LogP contribution < -0.4 is 20.1 Å². The quantitative estimate of drug-likeness (QED) is 0.725. The molecule has 0 aromatic heterocycles. The number of halogens is 1. The van der Waals surface area contributed by atoms with Crippen LogP contribution in [0, 0.1) is 22.6 Å². The van der Waals surface area contributed by atoms with Gasteiger partial charge in [0.05, 0.1) is 31.8 Å². The number of para-hydroxylation sites is 1. The van der Waals surface area contributed by atoms with Crippen molar-refractivity contribution in [2.45, 2.75) is 32.6 Å². The van der Waals surface area contributed by atoms with Crippen molar-refractivity contribution in [3.8, 4) is 17.6 Å². The van der Waals surface area contributed by atoms with Gasteiger partial charge in [0.15, 0.2) is 17.3 Å². The molecule has 1 aliphatic heterocycles. The molecule has 0 fully saturated rings. The third kappa shape index (κ3) is 3.72. The molecule has 6 nitrogen and oxygen atoms in total. The minimum Gasteiger partial charge on any atom is -0.493 e. The third-order valence-corrected chi connectivity index (χ3v) is 6.21. The molecule has 0 radical (unpaired) electrons. The number of methoxy groups -OCH3 is 2. The molecule has 1 aliphatic carbocycles. The molecule has 33 heavy (non-hydrogen) atoms. The van der Waals surface area contributed by atoms with Gasteiger partial charge >= 0.3 is 0 Å². The molecule has 0 saturated heterocycles. The van der Waals surface area contributed by atoms with Gasteiger partial charge in [-0.15, -0.1) is 0 Å². The lowest BCUT2D eigenvalue weighted by molar-refractivity contribution is -0.118. The van der Waals surface area contributed by atoms with Gasteiger partial charge in [-0.2, -0.15) is 5.26 Å².